The minimum absolute atomic E-state index is 0.106. The molecule has 0 aromatic heterocycles. The number of hydrogen-bond acceptors (Lipinski definition) is 4. The molecule has 1 aromatic carbocycles. The summed E-state index contributed by atoms with van der Waals surface area (Å²) in [5.74, 6) is 0.552. The van der Waals surface area contributed by atoms with Crippen molar-refractivity contribution in [3.8, 4) is 0 Å². The number of carbonyl (C=O) groups is 1. The lowest BCUT2D eigenvalue weighted by Crippen LogP contribution is -2.44. The maximum absolute atomic E-state index is 12.1. The molecular weight excluding hydrogens is 308 g/mol. The first kappa shape index (κ1) is 18.2. The Hall–Kier alpha value is -2.15. The average molecular weight is 334 g/mol. The average Bonchev–Trinajstić information content (AvgIpc) is 3.05. The first-order valence-corrected chi connectivity index (χ1v) is 8.49. The van der Waals surface area contributed by atoms with E-state index in [4.69, 9.17) is 0 Å². The van der Waals surface area contributed by atoms with Gasteiger partial charge in [0.15, 0.2) is 0 Å². The molecule has 1 saturated heterocycles. The van der Waals surface area contributed by atoms with Gasteiger partial charge in [0.2, 0.25) is 0 Å². The third-order valence-electron chi connectivity index (χ3n) is 4.25. The van der Waals surface area contributed by atoms with Gasteiger partial charge in [-0.1, -0.05) is 26.0 Å². The summed E-state index contributed by atoms with van der Waals surface area (Å²) in [5, 5.41) is 16.4. The van der Waals surface area contributed by atoms with Gasteiger partial charge >= 0.3 is 6.03 Å². The Morgan fingerprint density at radius 2 is 1.96 bits per heavy atom. The van der Waals surface area contributed by atoms with E-state index in [1.807, 2.05) is 0 Å². The Kier molecular flexibility index (Phi) is 6.54. The number of para-hydroxylation sites is 2. The van der Waals surface area contributed by atoms with E-state index in [1.165, 1.54) is 25.0 Å². The van der Waals surface area contributed by atoms with E-state index in [0.717, 1.165) is 19.5 Å². The molecule has 2 amide bonds. The largest absolute Gasteiger partial charge is 0.336 e. The molecule has 7 heteroatoms. The van der Waals surface area contributed by atoms with E-state index in [9.17, 15) is 14.9 Å². The lowest BCUT2D eigenvalue weighted by molar-refractivity contribution is -0.383. The van der Waals surface area contributed by atoms with E-state index in [-0.39, 0.29) is 11.4 Å². The van der Waals surface area contributed by atoms with Gasteiger partial charge in [0, 0.05) is 18.7 Å². The normalized spacial score (nSPS) is 16.1. The summed E-state index contributed by atoms with van der Waals surface area (Å²) >= 11 is 0. The van der Waals surface area contributed by atoms with Gasteiger partial charge in [-0.3, -0.25) is 15.0 Å². The molecule has 2 N–H and O–H groups in total. The van der Waals surface area contributed by atoms with Gasteiger partial charge < -0.3 is 10.6 Å². The number of amides is 2. The topological polar surface area (TPSA) is 87.5 Å². The zero-order valence-corrected chi connectivity index (χ0v) is 14.3. The van der Waals surface area contributed by atoms with Gasteiger partial charge in [0.25, 0.3) is 5.69 Å². The number of nitro groups is 1. The van der Waals surface area contributed by atoms with Gasteiger partial charge in [-0.05, 0) is 44.3 Å². The quantitative estimate of drug-likeness (QED) is 0.592. The molecule has 1 fully saturated rings. The van der Waals surface area contributed by atoms with Crippen molar-refractivity contribution in [2.24, 2.45) is 5.92 Å². The highest BCUT2D eigenvalue weighted by Crippen LogP contribution is 2.23. The Morgan fingerprint density at radius 1 is 1.29 bits per heavy atom. The molecule has 1 aromatic rings. The monoisotopic (exact) mass is 334 g/mol. The number of likely N-dealkylation sites (tertiary alicyclic amines) is 1. The number of carbonyl (C=O) groups excluding carboxylic acids is 1. The number of anilines is 1. The molecule has 1 aliphatic rings. The third-order valence-corrected chi connectivity index (χ3v) is 4.25. The van der Waals surface area contributed by atoms with Crippen LogP contribution >= 0.6 is 0 Å². The van der Waals surface area contributed by atoms with Gasteiger partial charge in [-0.25, -0.2) is 4.79 Å². The molecule has 0 unspecified atom stereocenters. The van der Waals surface area contributed by atoms with Crippen molar-refractivity contribution in [3.05, 3.63) is 34.4 Å². The summed E-state index contributed by atoms with van der Waals surface area (Å²) in [6.45, 7) is 7.05. The minimum Gasteiger partial charge on any atom is -0.336 e. The van der Waals surface area contributed by atoms with Crippen LogP contribution in [0.4, 0.5) is 16.2 Å². The molecule has 1 aliphatic heterocycles. The van der Waals surface area contributed by atoms with Crippen LogP contribution in [-0.2, 0) is 0 Å². The molecule has 0 aliphatic carbocycles. The fourth-order valence-corrected chi connectivity index (χ4v) is 3.13. The van der Waals surface area contributed by atoms with E-state index in [0.29, 0.717) is 18.5 Å². The molecule has 0 bridgehead atoms. The van der Waals surface area contributed by atoms with Crippen molar-refractivity contribution in [2.75, 3.05) is 25.0 Å². The number of nitro benzene ring substituents is 1. The Morgan fingerprint density at radius 3 is 2.58 bits per heavy atom. The molecule has 1 atom stereocenters. The van der Waals surface area contributed by atoms with Crippen molar-refractivity contribution in [3.63, 3.8) is 0 Å². The minimum atomic E-state index is -0.499. The highest BCUT2D eigenvalue weighted by atomic mass is 16.6. The first-order valence-electron chi connectivity index (χ1n) is 8.49. The van der Waals surface area contributed by atoms with Gasteiger partial charge in [0.1, 0.15) is 5.69 Å². The van der Waals surface area contributed by atoms with Crippen LogP contribution < -0.4 is 10.6 Å². The highest BCUT2D eigenvalue weighted by molar-refractivity contribution is 5.91. The fraction of sp³-hybridized carbons (Fsp3) is 0.588. The smallest absolute Gasteiger partial charge is 0.319 e. The lowest BCUT2D eigenvalue weighted by atomic mass is 10.0. The predicted octanol–water partition coefficient (Wildman–Crippen LogP) is 3.23. The maximum atomic E-state index is 12.1. The van der Waals surface area contributed by atoms with Crippen LogP contribution in [0.1, 0.15) is 33.1 Å². The molecule has 0 spiro atoms. The predicted molar refractivity (Wildman–Crippen MR) is 94.2 cm³/mol. The number of nitrogens with one attached hydrogen (secondary N) is 2. The van der Waals surface area contributed by atoms with E-state index < -0.39 is 11.0 Å². The maximum Gasteiger partial charge on any atom is 0.319 e. The SMILES string of the molecule is CC(C)C[C@@H](CNC(=O)Nc1ccccc1[N+](=O)[O-])N1CCCC1. The van der Waals surface area contributed by atoms with Crippen LogP contribution in [0.3, 0.4) is 0 Å². The molecule has 0 saturated carbocycles. The molecule has 24 heavy (non-hydrogen) atoms. The summed E-state index contributed by atoms with van der Waals surface area (Å²) in [7, 11) is 0. The van der Waals surface area contributed by atoms with Crippen LogP contribution in [-0.4, -0.2) is 41.5 Å². The molecule has 7 nitrogen and oxygen atoms in total. The van der Waals surface area contributed by atoms with Crippen molar-refractivity contribution in [1.29, 1.82) is 0 Å². The van der Waals surface area contributed by atoms with Crippen LogP contribution in [0.25, 0.3) is 0 Å². The summed E-state index contributed by atoms with van der Waals surface area (Å²) in [5.41, 5.74) is 0.104. The van der Waals surface area contributed by atoms with Crippen molar-refractivity contribution in [1.82, 2.24) is 10.2 Å². The van der Waals surface area contributed by atoms with E-state index >= 15 is 0 Å². The highest BCUT2D eigenvalue weighted by Gasteiger charge is 2.23. The van der Waals surface area contributed by atoms with Crippen LogP contribution in [0, 0.1) is 16.0 Å². The van der Waals surface area contributed by atoms with Gasteiger partial charge in [-0.15, -0.1) is 0 Å². The number of nitrogens with zero attached hydrogens (tertiary/aromatic N) is 2. The Labute approximate surface area is 142 Å². The molecule has 2 rings (SSSR count). The molecule has 0 radical (unpaired) electrons. The number of hydrogen-bond donors (Lipinski definition) is 2. The van der Waals surface area contributed by atoms with Crippen molar-refractivity contribution < 1.29 is 9.72 Å². The van der Waals surface area contributed by atoms with E-state index in [2.05, 4.69) is 29.4 Å². The van der Waals surface area contributed by atoms with E-state index in [1.54, 1.807) is 12.1 Å². The fourth-order valence-electron chi connectivity index (χ4n) is 3.13. The standard InChI is InChI=1S/C17H26N4O3/c1-13(2)11-14(20-9-5-6-10-20)12-18-17(22)19-15-7-3-4-8-16(15)21(23)24/h3-4,7-8,13-14H,5-6,9-12H2,1-2H3,(H2,18,19,22)/t14-/m0/s1. The molecular formula is C17H26N4O3. The van der Waals surface area contributed by atoms with Crippen molar-refractivity contribution >= 4 is 17.4 Å². The zero-order chi connectivity index (χ0) is 17.5. The summed E-state index contributed by atoms with van der Waals surface area (Å²) in [6, 6.07) is 6.05. The number of urea groups is 1. The van der Waals surface area contributed by atoms with Gasteiger partial charge in [0.05, 0.1) is 4.92 Å². The second kappa shape index (κ2) is 8.63. The Bertz CT molecular complexity index is 571. The summed E-state index contributed by atoms with van der Waals surface area (Å²) in [4.78, 5) is 25.0. The second-order valence-electron chi connectivity index (χ2n) is 6.64. The van der Waals surface area contributed by atoms with Crippen LogP contribution in [0.5, 0.6) is 0 Å². The van der Waals surface area contributed by atoms with Crippen LogP contribution in [0.15, 0.2) is 24.3 Å². The lowest BCUT2D eigenvalue weighted by Gasteiger charge is -2.29. The number of benzene rings is 1. The Balaban J connectivity index is 1.92. The third kappa shape index (κ3) is 5.19. The second-order valence-corrected chi connectivity index (χ2v) is 6.64. The zero-order valence-electron chi connectivity index (χ0n) is 14.3. The number of rotatable bonds is 7. The summed E-state index contributed by atoms with van der Waals surface area (Å²) < 4.78 is 0. The van der Waals surface area contributed by atoms with Crippen LogP contribution in [0.2, 0.25) is 0 Å². The molecule has 132 valence electrons. The van der Waals surface area contributed by atoms with Crippen molar-refractivity contribution in [2.45, 2.75) is 39.2 Å². The summed E-state index contributed by atoms with van der Waals surface area (Å²) in [6.07, 6.45) is 3.43. The van der Waals surface area contributed by atoms with Gasteiger partial charge in [-0.2, -0.15) is 0 Å². The first-order chi connectivity index (χ1) is 11.5. The molecule has 1 heterocycles.